The van der Waals surface area contributed by atoms with E-state index in [4.69, 9.17) is 16.6 Å². The van der Waals surface area contributed by atoms with E-state index in [9.17, 15) is 14.7 Å². The van der Waals surface area contributed by atoms with Crippen LogP contribution in [0.1, 0.15) is 19.6 Å². The summed E-state index contributed by atoms with van der Waals surface area (Å²) in [7, 11) is 0. The Morgan fingerprint density at radius 1 is 1.55 bits per heavy atom. The van der Waals surface area contributed by atoms with Gasteiger partial charge in [0.05, 0.1) is 11.2 Å². The third-order valence-electron chi connectivity index (χ3n) is 2.80. The smallest absolute Gasteiger partial charge is 0.327 e. The van der Waals surface area contributed by atoms with Crippen molar-refractivity contribution in [3.63, 3.8) is 0 Å². The van der Waals surface area contributed by atoms with E-state index >= 15 is 0 Å². The molecule has 1 aliphatic rings. The average Bonchev–Trinajstić information content (AvgIpc) is 2.93. The number of furan rings is 1. The standard InChI is InChI=1S/C13H13NO4S2/c1-7(2)10(12(16)17)14-11(15)9(20-13(14)19)6-8-4-3-5-18-8/h3-7,10H,1-2H3,(H,16,17)/b9-6+/t10-/m0/s1. The second kappa shape index (κ2) is 5.80. The van der Waals surface area contributed by atoms with E-state index < -0.39 is 17.9 Å². The van der Waals surface area contributed by atoms with E-state index in [2.05, 4.69) is 0 Å². The van der Waals surface area contributed by atoms with Crippen LogP contribution in [0, 0.1) is 5.92 Å². The van der Waals surface area contributed by atoms with Crippen LogP contribution in [0.15, 0.2) is 27.7 Å². The second-order valence-electron chi connectivity index (χ2n) is 4.59. The van der Waals surface area contributed by atoms with Crippen molar-refractivity contribution in [3.05, 3.63) is 29.1 Å². The Balaban J connectivity index is 2.31. The van der Waals surface area contributed by atoms with Gasteiger partial charge in [-0.05, 0) is 18.1 Å². The molecule has 0 aliphatic carbocycles. The molecule has 7 heteroatoms. The molecule has 1 atom stereocenters. The molecule has 0 saturated carbocycles. The maximum Gasteiger partial charge on any atom is 0.327 e. The molecule has 0 unspecified atom stereocenters. The Morgan fingerprint density at radius 3 is 2.75 bits per heavy atom. The number of hydrogen-bond donors (Lipinski definition) is 1. The van der Waals surface area contributed by atoms with Crippen molar-refractivity contribution in [1.82, 2.24) is 4.90 Å². The number of rotatable bonds is 4. The van der Waals surface area contributed by atoms with E-state index in [-0.39, 0.29) is 10.2 Å². The zero-order chi connectivity index (χ0) is 14.9. The molecule has 1 saturated heterocycles. The van der Waals surface area contributed by atoms with Crippen LogP contribution < -0.4 is 0 Å². The van der Waals surface area contributed by atoms with Gasteiger partial charge in [-0.1, -0.05) is 37.8 Å². The Morgan fingerprint density at radius 2 is 2.25 bits per heavy atom. The summed E-state index contributed by atoms with van der Waals surface area (Å²) >= 11 is 6.23. The topological polar surface area (TPSA) is 70.8 Å². The SMILES string of the molecule is CC(C)[C@@H](C(=O)O)N1C(=O)/C(=C\c2ccco2)SC1=S. The molecule has 0 radical (unpaired) electrons. The molecule has 1 aromatic rings. The summed E-state index contributed by atoms with van der Waals surface area (Å²) in [6.45, 7) is 3.49. The van der Waals surface area contributed by atoms with Gasteiger partial charge < -0.3 is 9.52 Å². The highest BCUT2D eigenvalue weighted by atomic mass is 32.2. The number of hydrogen-bond acceptors (Lipinski definition) is 5. The molecule has 20 heavy (non-hydrogen) atoms. The van der Waals surface area contributed by atoms with Crippen LogP contribution in [0.2, 0.25) is 0 Å². The fraction of sp³-hybridized carbons (Fsp3) is 0.308. The first-order chi connectivity index (χ1) is 9.41. The van der Waals surface area contributed by atoms with Crippen LogP contribution in [0.3, 0.4) is 0 Å². The molecule has 0 aromatic carbocycles. The molecule has 1 aliphatic heterocycles. The van der Waals surface area contributed by atoms with Crippen LogP contribution >= 0.6 is 24.0 Å². The molecule has 0 spiro atoms. The summed E-state index contributed by atoms with van der Waals surface area (Å²) in [5, 5.41) is 9.28. The molecule has 1 fully saturated rings. The number of amides is 1. The van der Waals surface area contributed by atoms with Crippen LogP contribution in [0.5, 0.6) is 0 Å². The Labute approximate surface area is 125 Å². The molecular formula is C13H13NO4S2. The monoisotopic (exact) mass is 311 g/mol. The summed E-state index contributed by atoms with van der Waals surface area (Å²) in [5.41, 5.74) is 0. The van der Waals surface area contributed by atoms with E-state index in [1.54, 1.807) is 32.1 Å². The lowest BCUT2D eigenvalue weighted by atomic mass is 10.0. The number of carboxylic acids is 1. The maximum atomic E-state index is 12.3. The van der Waals surface area contributed by atoms with Gasteiger partial charge in [0.1, 0.15) is 16.1 Å². The normalized spacial score (nSPS) is 19.1. The first-order valence-electron chi connectivity index (χ1n) is 5.95. The highest BCUT2D eigenvalue weighted by Gasteiger charge is 2.41. The number of nitrogens with zero attached hydrogens (tertiary/aromatic N) is 1. The molecule has 2 rings (SSSR count). The number of carbonyl (C=O) groups excluding carboxylic acids is 1. The lowest BCUT2D eigenvalue weighted by Gasteiger charge is -2.26. The van der Waals surface area contributed by atoms with E-state index in [0.717, 1.165) is 11.8 Å². The van der Waals surface area contributed by atoms with E-state index in [0.29, 0.717) is 10.7 Å². The predicted molar refractivity (Wildman–Crippen MR) is 80.0 cm³/mol. The van der Waals surface area contributed by atoms with Crippen molar-refractivity contribution in [1.29, 1.82) is 0 Å². The van der Waals surface area contributed by atoms with Gasteiger partial charge in [-0.25, -0.2) is 4.79 Å². The van der Waals surface area contributed by atoms with Gasteiger partial charge in [-0.2, -0.15) is 0 Å². The molecule has 1 N–H and O–H groups in total. The molecule has 106 valence electrons. The summed E-state index contributed by atoms with van der Waals surface area (Å²) in [5.74, 6) is -1.16. The fourth-order valence-corrected chi connectivity index (χ4v) is 3.23. The lowest BCUT2D eigenvalue weighted by Crippen LogP contribution is -2.47. The van der Waals surface area contributed by atoms with Crippen LogP contribution in [-0.4, -0.2) is 32.2 Å². The number of carbonyl (C=O) groups is 2. The molecule has 0 bridgehead atoms. The predicted octanol–water partition coefficient (Wildman–Crippen LogP) is 2.59. The molecule has 1 aromatic heterocycles. The van der Waals surface area contributed by atoms with Crippen LogP contribution in [-0.2, 0) is 9.59 Å². The van der Waals surface area contributed by atoms with Gasteiger partial charge in [0.15, 0.2) is 0 Å². The summed E-state index contributed by atoms with van der Waals surface area (Å²) < 4.78 is 5.41. The van der Waals surface area contributed by atoms with Crippen molar-refractivity contribution < 1.29 is 19.1 Å². The number of aliphatic carboxylic acids is 1. The zero-order valence-corrected chi connectivity index (χ0v) is 12.5. The van der Waals surface area contributed by atoms with E-state index in [1.165, 1.54) is 11.2 Å². The fourth-order valence-electron chi connectivity index (χ4n) is 1.92. The Bertz CT molecular complexity index is 577. The molecule has 5 nitrogen and oxygen atoms in total. The van der Waals surface area contributed by atoms with Crippen LogP contribution in [0.4, 0.5) is 0 Å². The van der Waals surface area contributed by atoms with Gasteiger partial charge in [-0.15, -0.1) is 0 Å². The Hall–Kier alpha value is -1.60. The summed E-state index contributed by atoms with van der Waals surface area (Å²) in [6.07, 6.45) is 3.07. The van der Waals surface area contributed by atoms with Crippen molar-refractivity contribution in [2.24, 2.45) is 5.92 Å². The van der Waals surface area contributed by atoms with Crippen molar-refractivity contribution in [2.45, 2.75) is 19.9 Å². The quantitative estimate of drug-likeness (QED) is 0.681. The maximum absolute atomic E-state index is 12.3. The Kier molecular flexibility index (Phi) is 4.29. The first kappa shape index (κ1) is 14.8. The zero-order valence-electron chi connectivity index (χ0n) is 10.9. The van der Waals surface area contributed by atoms with Gasteiger partial charge in [0.2, 0.25) is 0 Å². The van der Waals surface area contributed by atoms with Crippen molar-refractivity contribution >= 4 is 46.3 Å². The average molecular weight is 311 g/mol. The third-order valence-corrected chi connectivity index (χ3v) is 4.13. The minimum atomic E-state index is -1.06. The highest BCUT2D eigenvalue weighted by molar-refractivity contribution is 8.26. The van der Waals surface area contributed by atoms with Crippen molar-refractivity contribution in [3.8, 4) is 0 Å². The molecular weight excluding hydrogens is 298 g/mol. The van der Waals surface area contributed by atoms with Gasteiger partial charge >= 0.3 is 5.97 Å². The third kappa shape index (κ3) is 2.78. The number of thioether (sulfide) groups is 1. The lowest BCUT2D eigenvalue weighted by molar-refractivity contribution is -0.146. The minimum absolute atomic E-state index is 0.238. The summed E-state index contributed by atoms with van der Waals surface area (Å²) in [6, 6.07) is 2.47. The largest absolute Gasteiger partial charge is 0.480 e. The highest BCUT2D eigenvalue weighted by Crippen LogP contribution is 2.35. The first-order valence-corrected chi connectivity index (χ1v) is 7.17. The van der Waals surface area contributed by atoms with Crippen LogP contribution in [0.25, 0.3) is 6.08 Å². The van der Waals surface area contributed by atoms with Crippen molar-refractivity contribution in [2.75, 3.05) is 0 Å². The minimum Gasteiger partial charge on any atom is -0.480 e. The number of thiocarbonyl (C=S) groups is 1. The van der Waals surface area contributed by atoms with Gasteiger partial charge in [0.25, 0.3) is 5.91 Å². The van der Waals surface area contributed by atoms with Gasteiger partial charge in [-0.3, -0.25) is 9.69 Å². The number of carboxylic acid groups (broad SMARTS) is 1. The van der Waals surface area contributed by atoms with Gasteiger partial charge in [0, 0.05) is 6.08 Å². The summed E-state index contributed by atoms with van der Waals surface area (Å²) in [4.78, 5) is 25.2. The second-order valence-corrected chi connectivity index (χ2v) is 6.27. The molecule has 2 heterocycles. The van der Waals surface area contributed by atoms with E-state index in [1.807, 2.05) is 0 Å². The molecule has 1 amide bonds.